The summed E-state index contributed by atoms with van der Waals surface area (Å²) in [5.74, 6) is 0.0735. The van der Waals surface area contributed by atoms with E-state index in [1.54, 1.807) is 14.2 Å². The molecule has 0 aliphatic heterocycles. The minimum Gasteiger partial charge on any atom is -0.385 e. The van der Waals surface area contributed by atoms with Crippen LogP contribution in [-0.4, -0.2) is 39.8 Å². The molecule has 0 spiro atoms. The first kappa shape index (κ1) is 13.4. The van der Waals surface area contributed by atoms with Crippen LogP contribution in [0.2, 0.25) is 0 Å². The number of unbranched alkanes of at least 4 members (excludes halogenated alkanes) is 3. The molecule has 0 saturated heterocycles. The monoisotopic (exact) mass is 202 g/mol. The van der Waals surface area contributed by atoms with Gasteiger partial charge >= 0.3 is 0 Å². The van der Waals surface area contributed by atoms with E-state index in [9.17, 15) is 4.79 Å². The lowest BCUT2D eigenvalue weighted by Gasteiger charge is -2.04. The Hall–Kier alpha value is -0.610. The van der Waals surface area contributed by atoms with Crippen LogP contribution in [-0.2, 0) is 9.53 Å². The zero-order chi connectivity index (χ0) is 10.6. The van der Waals surface area contributed by atoms with Gasteiger partial charge in [0.1, 0.15) is 0 Å². The Morgan fingerprint density at radius 1 is 1.21 bits per heavy atom. The number of carbonyl (C=O) groups excluding carboxylic acids is 1. The second-order valence-electron chi connectivity index (χ2n) is 3.29. The van der Waals surface area contributed by atoms with E-state index in [0.29, 0.717) is 6.54 Å². The van der Waals surface area contributed by atoms with E-state index in [-0.39, 0.29) is 5.91 Å². The summed E-state index contributed by atoms with van der Waals surface area (Å²) >= 11 is 0. The van der Waals surface area contributed by atoms with Crippen molar-refractivity contribution in [2.45, 2.75) is 25.7 Å². The van der Waals surface area contributed by atoms with Gasteiger partial charge in [0, 0.05) is 20.3 Å². The summed E-state index contributed by atoms with van der Waals surface area (Å²) in [6.45, 7) is 2.03. The van der Waals surface area contributed by atoms with Crippen molar-refractivity contribution in [1.29, 1.82) is 0 Å². The summed E-state index contributed by atoms with van der Waals surface area (Å²) in [6, 6.07) is 0. The second kappa shape index (κ2) is 10.5. The molecule has 0 atom stereocenters. The Morgan fingerprint density at radius 3 is 2.57 bits per heavy atom. The predicted molar refractivity (Wildman–Crippen MR) is 57.3 cm³/mol. The largest absolute Gasteiger partial charge is 0.385 e. The van der Waals surface area contributed by atoms with Crippen LogP contribution in [0.15, 0.2) is 0 Å². The first-order valence-corrected chi connectivity index (χ1v) is 5.21. The van der Waals surface area contributed by atoms with Crippen LogP contribution < -0.4 is 10.6 Å². The smallest absolute Gasteiger partial charge is 0.233 e. The van der Waals surface area contributed by atoms with Crippen molar-refractivity contribution >= 4 is 5.91 Å². The molecule has 1 amide bonds. The topological polar surface area (TPSA) is 50.4 Å². The number of ether oxygens (including phenoxy) is 1. The maximum Gasteiger partial charge on any atom is 0.233 e. The molecule has 0 aromatic heterocycles. The third kappa shape index (κ3) is 9.48. The van der Waals surface area contributed by atoms with Crippen molar-refractivity contribution in [3.05, 3.63) is 0 Å². The van der Waals surface area contributed by atoms with Crippen LogP contribution in [0.5, 0.6) is 0 Å². The highest BCUT2D eigenvalue weighted by molar-refractivity contribution is 5.77. The molecule has 0 rings (SSSR count). The lowest BCUT2D eigenvalue weighted by Crippen LogP contribution is -2.32. The summed E-state index contributed by atoms with van der Waals surface area (Å²) in [5, 5.41) is 5.65. The van der Waals surface area contributed by atoms with Gasteiger partial charge in [-0.3, -0.25) is 4.79 Å². The molecule has 0 unspecified atom stereocenters. The molecule has 4 heteroatoms. The van der Waals surface area contributed by atoms with Crippen molar-refractivity contribution < 1.29 is 9.53 Å². The van der Waals surface area contributed by atoms with Crippen LogP contribution >= 0.6 is 0 Å². The molecular weight excluding hydrogens is 180 g/mol. The molecule has 2 N–H and O–H groups in total. The fraction of sp³-hybridized carbons (Fsp3) is 0.900. The number of rotatable bonds is 9. The number of hydrogen-bond donors (Lipinski definition) is 2. The average Bonchev–Trinajstić information content (AvgIpc) is 2.17. The number of amides is 1. The fourth-order valence-electron chi connectivity index (χ4n) is 1.18. The highest BCUT2D eigenvalue weighted by Crippen LogP contribution is 1.98. The Morgan fingerprint density at radius 2 is 1.93 bits per heavy atom. The number of methoxy groups -OCH3 is 1. The first-order valence-electron chi connectivity index (χ1n) is 5.21. The predicted octanol–water partition coefficient (Wildman–Crippen LogP) is 0.529. The molecule has 14 heavy (non-hydrogen) atoms. The Kier molecular flexibility index (Phi) is 10.0. The number of hydrogen-bond acceptors (Lipinski definition) is 3. The lowest BCUT2D eigenvalue weighted by atomic mass is 10.2. The molecule has 4 nitrogen and oxygen atoms in total. The van der Waals surface area contributed by atoms with Crippen molar-refractivity contribution in [2.75, 3.05) is 33.9 Å². The molecule has 84 valence electrons. The molecule has 0 bridgehead atoms. The normalized spacial score (nSPS) is 10.1. The van der Waals surface area contributed by atoms with Gasteiger partial charge in [-0.15, -0.1) is 0 Å². The Labute approximate surface area is 86.4 Å². The molecular formula is C10H22N2O2. The van der Waals surface area contributed by atoms with E-state index in [1.807, 2.05) is 0 Å². The minimum atomic E-state index is 0.0735. The Balaban J connectivity index is 3.01. The third-order valence-corrected chi connectivity index (χ3v) is 1.93. The van der Waals surface area contributed by atoms with Crippen molar-refractivity contribution in [2.24, 2.45) is 0 Å². The molecule has 0 fully saturated rings. The summed E-state index contributed by atoms with van der Waals surface area (Å²) in [5.41, 5.74) is 0. The molecule has 0 saturated carbocycles. The Bertz CT molecular complexity index is 140. The summed E-state index contributed by atoms with van der Waals surface area (Å²) in [6.07, 6.45) is 4.50. The van der Waals surface area contributed by atoms with Crippen molar-refractivity contribution in [3.63, 3.8) is 0 Å². The zero-order valence-electron chi connectivity index (χ0n) is 9.27. The van der Waals surface area contributed by atoms with Crippen LogP contribution in [0.1, 0.15) is 25.7 Å². The van der Waals surface area contributed by atoms with Crippen LogP contribution in [0, 0.1) is 0 Å². The standard InChI is InChI=1S/C10H22N2O2/c1-11-9-10(13)12-7-5-3-4-6-8-14-2/h11H,3-9H2,1-2H3,(H,12,13). The van der Waals surface area contributed by atoms with Crippen LogP contribution in [0.4, 0.5) is 0 Å². The van der Waals surface area contributed by atoms with Crippen LogP contribution in [0.25, 0.3) is 0 Å². The van der Waals surface area contributed by atoms with Gasteiger partial charge in [0.2, 0.25) is 5.91 Å². The van der Waals surface area contributed by atoms with E-state index in [2.05, 4.69) is 10.6 Å². The fourth-order valence-corrected chi connectivity index (χ4v) is 1.18. The maximum absolute atomic E-state index is 11.0. The average molecular weight is 202 g/mol. The molecule has 0 aromatic rings. The molecule has 0 aliphatic carbocycles. The number of carbonyl (C=O) groups is 1. The summed E-state index contributed by atoms with van der Waals surface area (Å²) < 4.78 is 4.94. The van der Waals surface area contributed by atoms with Crippen molar-refractivity contribution in [3.8, 4) is 0 Å². The second-order valence-corrected chi connectivity index (χ2v) is 3.29. The van der Waals surface area contributed by atoms with Gasteiger partial charge in [0.15, 0.2) is 0 Å². The van der Waals surface area contributed by atoms with Gasteiger partial charge in [-0.05, 0) is 19.9 Å². The van der Waals surface area contributed by atoms with E-state index in [0.717, 1.165) is 32.4 Å². The minimum absolute atomic E-state index is 0.0735. The highest BCUT2D eigenvalue weighted by atomic mass is 16.5. The van der Waals surface area contributed by atoms with Gasteiger partial charge in [-0.25, -0.2) is 0 Å². The first-order chi connectivity index (χ1) is 6.81. The van der Waals surface area contributed by atoms with E-state index < -0.39 is 0 Å². The SMILES string of the molecule is CNCC(=O)NCCCCCCOC. The summed E-state index contributed by atoms with van der Waals surface area (Å²) in [4.78, 5) is 11.0. The number of likely N-dealkylation sites (N-methyl/N-ethyl adjacent to an activating group) is 1. The van der Waals surface area contributed by atoms with Gasteiger partial charge in [-0.1, -0.05) is 12.8 Å². The van der Waals surface area contributed by atoms with Crippen molar-refractivity contribution in [1.82, 2.24) is 10.6 Å². The third-order valence-electron chi connectivity index (χ3n) is 1.93. The van der Waals surface area contributed by atoms with E-state index in [1.165, 1.54) is 6.42 Å². The van der Waals surface area contributed by atoms with Gasteiger partial charge in [-0.2, -0.15) is 0 Å². The van der Waals surface area contributed by atoms with E-state index in [4.69, 9.17) is 4.74 Å². The lowest BCUT2D eigenvalue weighted by molar-refractivity contribution is -0.120. The van der Waals surface area contributed by atoms with Gasteiger partial charge in [0.05, 0.1) is 6.54 Å². The number of nitrogens with one attached hydrogen (secondary N) is 2. The van der Waals surface area contributed by atoms with Gasteiger partial charge < -0.3 is 15.4 Å². The van der Waals surface area contributed by atoms with Gasteiger partial charge in [0.25, 0.3) is 0 Å². The molecule has 0 radical (unpaired) electrons. The molecule has 0 aliphatic rings. The molecule has 0 aromatic carbocycles. The zero-order valence-corrected chi connectivity index (χ0v) is 9.27. The maximum atomic E-state index is 11.0. The quantitative estimate of drug-likeness (QED) is 0.536. The highest BCUT2D eigenvalue weighted by Gasteiger charge is 1.96. The van der Waals surface area contributed by atoms with E-state index >= 15 is 0 Å². The van der Waals surface area contributed by atoms with Crippen LogP contribution in [0.3, 0.4) is 0 Å². The molecule has 0 heterocycles. The summed E-state index contributed by atoms with van der Waals surface area (Å²) in [7, 11) is 3.49.